The molecular weight excluding hydrogens is 377 g/mol. The van der Waals surface area contributed by atoms with Gasteiger partial charge in [-0.3, -0.25) is 14.4 Å². The van der Waals surface area contributed by atoms with Gasteiger partial charge in [0.2, 0.25) is 11.8 Å². The molecule has 0 saturated heterocycles. The second-order valence-corrected chi connectivity index (χ2v) is 6.76. The molecule has 7 nitrogen and oxygen atoms in total. The molecule has 2 rings (SSSR count). The number of ether oxygens (including phenoxy) is 1. The zero-order valence-electron chi connectivity index (χ0n) is 16.7. The average molecular weight is 401 g/mol. The summed E-state index contributed by atoms with van der Waals surface area (Å²) >= 11 is 0. The fraction of sp³-hybridized carbons (Fsp3) is 0.286. The van der Waals surface area contributed by atoms with Crippen LogP contribution in [0.1, 0.15) is 31.1 Å². The monoisotopic (exact) mass is 401 g/mol. The van der Waals surface area contributed by atoms with Crippen LogP contribution in [0.2, 0.25) is 0 Å². The van der Waals surface area contributed by atoms with Crippen molar-refractivity contribution in [2.24, 2.45) is 5.92 Å². The third-order valence-corrected chi connectivity index (χ3v) is 4.13. The minimum atomic E-state index is -0.920. The predicted octanol–water partition coefficient (Wildman–Crippen LogP) is 3.19. The van der Waals surface area contributed by atoms with Crippen LogP contribution in [-0.4, -0.2) is 30.9 Å². The van der Waals surface area contributed by atoms with E-state index in [0.717, 1.165) is 6.07 Å². The molecule has 154 valence electrons. The Morgan fingerprint density at radius 2 is 1.72 bits per heavy atom. The summed E-state index contributed by atoms with van der Waals surface area (Å²) in [7, 11) is 1.45. The van der Waals surface area contributed by atoms with E-state index in [9.17, 15) is 18.8 Å². The Labute approximate surface area is 168 Å². The molecule has 3 N–H and O–H groups in total. The first kappa shape index (κ1) is 21.9. The molecule has 2 aromatic carbocycles. The summed E-state index contributed by atoms with van der Waals surface area (Å²) in [4.78, 5) is 36.6. The number of anilines is 2. The lowest BCUT2D eigenvalue weighted by molar-refractivity contribution is -0.119. The Kier molecular flexibility index (Phi) is 7.30. The van der Waals surface area contributed by atoms with E-state index in [1.807, 2.05) is 0 Å². The maximum absolute atomic E-state index is 14.1. The molecule has 0 fully saturated rings. The van der Waals surface area contributed by atoms with Crippen molar-refractivity contribution >= 4 is 29.1 Å². The van der Waals surface area contributed by atoms with Crippen LogP contribution < -0.4 is 20.7 Å². The van der Waals surface area contributed by atoms with Crippen LogP contribution in [0.25, 0.3) is 0 Å². The number of benzene rings is 2. The fourth-order valence-electron chi connectivity index (χ4n) is 2.70. The Hall–Kier alpha value is -3.42. The SMILES string of the molecule is COc1ccccc1C(=O)NC(C(=O)Nc1cc(NC(C)=O)ccc1F)C(C)C. The minimum absolute atomic E-state index is 0.0987. The lowest BCUT2D eigenvalue weighted by Gasteiger charge is -2.22. The van der Waals surface area contributed by atoms with Crippen molar-refractivity contribution in [1.82, 2.24) is 5.32 Å². The van der Waals surface area contributed by atoms with Gasteiger partial charge >= 0.3 is 0 Å². The highest BCUT2D eigenvalue weighted by atomic mass is 19.1. The first-order valence-electron chi connectivity index (χ1n) is 9.04. The lowest BCUT2D eigenvalue weighted by atomic mass is 10.0. The van der Waals surface area contributed by atoms with Crippen LogP contribution in [0.3, 0.4) is 0 Å². The normalized spacial score (nSPS) is 11.5. The van der Waals surface area contributed by atoms with Crippen LogP contribution in [0, 0.1) is 11.7 Å². The highest BCUT2D eigenvalue weighted by Gasteiger charge is 2.26. The fourth-order valence-corrected chi connectivity index (χ4v) is 2.70. The smallest absolute Gasteiger partial charge is 0.255 e. The van der Waals surface area contributed by atoms with Crippen molar-refractivity contribution in [2.75, 3.05) is 17.7 Å². The first-order valence-corrected chi connectivity index (χ1v) is 9.04. The first-order chi connectivity index (χ1) is 13.7. The minimum Gasteiger partial charge on any atom is -0.496 e. The second-order valence-electron chi connectivity index (χ2n) is 6.76. The Bertz CT molecular complexity index is 915. The summed E-state index contributed by atoms with van der Waals surface area (Å²) in [5.41, 5.74) is 0.527. The summed E-state index contributed by atoms with van der Waals surface area (Å²) < 4.78 is 19.3. The van der Waals surface area contributed by atoms with Gasteiger partial charge in [-0.2, -0.15) is 0 Å². The number of hydrogen-bond acceptors (Lipinski definition) is 4. The van der Waals surface area contributed by atoms with E-state index in [1.165, 1.54) is 26.2 Å². The highest BCUT2D eigenvalue weighted by Crippen LogP contribution is 2.21. The van der Waals surface area contributed by atoms with Crippen molar-refractivity contribution < 1.29 is 23.5 Å². The van der Waals surface area contributed by atoms with Crippen molar-refractivity contribution in [1.29, 1.82) is 0 Å². The van der Waals surface area contributed by atoms with E-state index in [0.29, 0.717) is 11.4 Å². The summed E-state index contributed by atoms with van der Waals surface area (Å²) in [5, 5.41) is 7.67. The van der Waals surface area contributed by atoms with Crippen molar-refractivity contribution in [3.8, 4) is 5.75 Å². The van der Waals surface area contributed by atoms with Gasteiger partial charge in [0.15, 0.2) is 0 Å². The number of halogens is 1. The van der Waals surface area contributed by atoms with E-state index < -0.39 is 23.7 Å². The third kappa shape index (κ3) is 5.78. The Balaban J connectivity index is 2.20. The maximum Gasteiger partial charge on any atom is 0.255 e. The van der Waals surface area contributed by atoms with Gasteiger partial charge in [-0.15, -0.1) is 0 Å². The zero-order chi connectivity index (χ0) is 21.6. The number of carbonyl (C=O) groups is 3. The van der Waals surface area contributed by atoms with Crippen molar-refractivity contribution in [3.63, 3.8) is 0 Å². The van der Waals surface area contributed by atoms with Crippen LogP contribution in [0.15, 0.2) is 42.5 Å². The van der Waals surface area contributed by atoms with Gasteiger partial charge in [0.05, 0.1) is 18.4 Å². The van der Waals surface area contributed by atoms with Crippen molar-refractivity contribution in [2.45, 2.75) is 26.8 Å². The van der Waals surface area contributed by atoms with Crippen LogP contribution in [0.5, 0.6) is 5.75 Å². The molecule has 1 unspecified atom stereocenters. The van der Waals surface area contributed by atoms with E-state index >= 15 is 0 Å². The second kappa shape index (κ2) is 9.68. The zero-order valence-corrected chi connectivity index (χ0v) is 16.7. The Morgan fingerprint density at radius 1 is 1.03 bits per heavy atom. The van der Waals surface area contributed by atoms with Gasteiger partial charge in [0.1, 0.15) is 17.6 Å². The summed E-state index contributed by atoms with van der Waals surface area (Å²) in [6.45, 7) is 4.84. The lowest BCUT2D eigenvalue weighted by Crippen LogP contribution is -2.47. The number of amides is 3. The molecule has 0 saturated carbocycles. The molecule has 0 heterocycles. The molecular formula is C21H24FN3O4. The molecule has 29 heavy (non-hydrogen) atoms. The predicted molar refractivity (Wildman–Crippen MR) is 108 cm³/mol. The summed E-state index contributed by atoms with van der Waals surface area (Å²) in [5.74, 6) is -1.94. The molecule has 0 radical (unpaired) electrons. The summed E-state index contributed by atoms with van der Waals surface area (Å²) in [6.07, 6.45) is 0. The van der Waals surface area contributed by atoms with E-state index in [2.05, 4.69) is 16.0 Å². The largest absolute Gasteiger partial charge is 0.496 e. The van der Waals surface area contributed by atoms with Crippen molar-refractivity contribution in [3.05, 3.63) is 53.8 Å². The molecule has 1 atom stereocenters. The molecule has 2 aromatic rings. The molecule has 0 aliphatic carbocycles. The van der Waals surface area contributed by atoms with Gasteiger partial charge in [0.25, 0.3) is 5.91 Å². The molecule has 3 amide bonds. The number of nitrogens with one attached hydrogen (secondary N) is 3. The van der Waals surface area contributed by atoms with E-state index in [-0.39, 0.29) is 23.1 Å². The number of methoxy groups -OCH3 is 1. The number of rotatable bonds is 7. The molecule has 0 aliphatic rings. The van der Waals surface area contributed by atoms with Gasteiger partial charge in [0, 0.05) is 12.6 Å². The van der Waals surface area contributed by atoms with Gasteiger partial charge in [-0.1, -0.05) is 26.0 Å². The van der Waals surface area contributed by atoms with Gasteiger partial charge in [-0.05, 0) is 36.2 Å². The van der Waals surface area contributed by atoms with Gasteiger partial charge in [-0.25, -0.2) is 4.39 Å². The van der Waals surface area contributed by atoms with Crippen LogP contribution >= 0.6 is 0 Å². The molecule has 0 aliphatic heterocycles. The third-order valence-electron chi connectivity index (χ3n) is 4.13. The molecule has 0 bridgehead atoms. The van der Waals surface area contributed by atoms with Crippen LogP contribution in [0.4, 0.5) is 15.8 Å². The number of para-hydroxylation sites is 1. The van der Waals surface area contributed by atoms with E-state index in [1.54, 1.807) is 38.1 Å². The standard InChI is InChI=1S/C21H24FN3O4/c1-12(2)19(25-20(27)15-7-5-6-8-18(15)29-4)21(28)24-17-11-14(23-13(3)26)9-10-16(17)22/h5-12,19H,1-4H3,(H,23,26)(H,24,28)(H,25,27). The summed E-state index contributed by atoms with van der Waals surface area (Å²) in [6, 6.07) is 9.55. The molecule has 0 spiro atoms. The number of carbonyl (C=O) groups excluding carboxylic acids is 3. The quantitative estimate of drug-likeness (QED) is 0.664. The highest BCUT2D eigenvalue weighted by molar-refractivity contribution is 6.02. The van der Waals surface area contributed by atoms with Gasteiger partial charge < -0.3 is 20.7 Å². The topological polar surface area (TPSA) is 96.5 Å². The van der Waals surface area contributed by atoms with Crippen LogP contribution in [-0.2, 0) is 9.59 Å². The molecule has 8 heteroatoms. The van der Waals surface area contributed by atoms with E-state index in [4.69, 9.17) is 4.74 Å². The number of hydrogen-bond donors (Lipinski definition) is 3. The Morgan fingerprint density at radius 3 is 2.34 bits per heavy atom. The maximum atomic E-state index is 14.1. The molecule has 0 aromatic heterocycles. The average Bonchev–Trinajstić information content (AvgIpc) is 2.67.